The smallest absolute Gasteiger partial charge is 0.272 e. The molecule has 1 N–H and O–H groups in total. The quantitative estimate of drug-likeness (QED) is 0.794. The number of aromatic nitrogens is 2. The maximum Gasteiger partial charge on any atom is 0.272 e. The van der Waals surface area contributed by atoms with Crippen molar-refractivity contribution in [3.05, 3.63) is 29.6 Å². The Morgan fingerprint density at radius 3 is 2.71 bits per heavy atom. The fourth-order valence-corrected chi connectivity index (χ4v) is 2.10. The molecule has 0 atom stereocenters. The third-order valence-corrected chi connectivity index (χ3v) is 3.37. The molecule has 1 saturated carbocycles. The molecule has 2 rings (SSSR count). The molecular weight excluding hydrogens is 214 g/mol. The molecule has 0 bridgehead atoms. The van der Waals surface area contributed by atoms with Crippen LogP contribution < -0.4 is 5.32 Å². The standard InChI is InChI=1S/C13H19N3O/c1-9-4-6-11(7-5-9)14-13(17)12-8-10(2)16(3)15-12/h8,11H,1,4-7H2,2-3H3,(H,14,17). The fourth-order valence-electron chi connectivity index (χ4n) is 2.10. The highest BCUT2D eigenvalue weighted by atomic mass is 16.2. The van der Waals surface area contributed by atoms with Gasteiger partial charge in [0, 0.05) is 18.8 Å². The number of amides is 1. The van der Waals surface area contributed by atoms with Crippen LogP contribution in [0, 0.1) is 6.92 Å². The molecule has 1 aromatic heterocycles. The first-order chi connectivity index (χ1) is 8.06. The average molecular weight is 233 g/mol. The van der Waals surface area contributed by atoms with Crippen LogP contribution in [0.2, 0.25) is 0 Å². The molecule has 1 aliphatic rings. The third-order valence-electron chi connectivity index (χ3n) is 3.37. The SMILES string of the molecule is C=C1CCC(NC(=O)c2cc(C)n(C)n2)CC1. The van der Waals surface area contributed by atoms with Gasteiger partial charge in [0.2, 0.25) is 0 Å². The molecule has 0 saturated heterocycles. The number of aryl methyl sites for hydroxylation is 2. The van der Waals surface area contributed by atoms with Crippen LogP contribution in [0.1, 0.15) is 41.9 Å². The second-order valence-corrected chi connectivity index (χ2v) is 4.79. The third kappa shape index (κ3) is 2.75. The molecule has 0 aromatic carbocycles. The molecule has 4 heteroatoms. The zero-order valence-corrected chi connectivity index (χ0v) is 10.5. The van der Waals surface area contributed by atoms with E-state index in [0.717, 1.165) is 31.4 Å². The van der Waals surface area contributed by atoms with Crippen LogP contribution in [0.3, 0.4) is 0 Å². The number of carbonyl (C=O) groups is 1. The first-order valence-electron chi connectivity index (χ1n) is 6.04. The van der Waals surface area contributed by atoms with Crippen LogP contribution in [0.15, 0.2) is 18.2 Å². The summed E-state index contributed by atoms with van der Waals surface area (Å²) in [6.07, 6.45) is 4.03. The van der Waals surface area contributed by atoms with Gasteiger partial charge in [0.1, 0.15) is 5.69 Å². The lowest BCUT2D eigenvalue weighted by Gasteiger charge is -2.23. The van der Waals surface area contributed by atoms with Crippen molar-refractivity contribution in [2.75, 3.05) is 0 Å². The molecule has 0 radical (unpaired) electrons. The van der Waals surface area contributed by atoms with Gasteiger partial charge in [-0.25, -0.2) is 0 Å². The lowest BCUT2D eigenvalue weighted by Crippen LogP contribution is -2.36. The minimum atomic E-state index is -0.0637. The Kier molecular flexibility index (Phi) is 3.31. The largest absolute Gasteiger partial charge is 0.348 e. The minimum absolute atomic E-state index is 0.0637. The topological polar surface area (TPSA) is 46.9 Å². The summed E-state index contributed by atoms with van der Waals surface area (Å²) in [4.78, 5) is 12.0. The number of nitrogens with zero attached hydrogens (tertiary/aromatic N) is 2. The predicted octanol–water partition coefficient (Wildman–Crippen LogP) is 1.96. The average Bonchev–Trinajstić information content (AvgIpc) is 2.63. The van der Waals surface area contributed by atoms with Crippen molar-refractivity contribution >= 4 is 5.91 Å². The maximum atomic E-state index is 12.0. The van der Waals surface area contributed by atoms with Crippen molar-refractivity contribution in [3.8, 4) is 0 Å². The molecule has 4 nitrogen and oxygen atoms in total. The highest BCUT2D eigenvalue weighted by Crippen LogP contribution is 2.21. The molecule has 0 aliphatic heterocycles. The number of rotatable bonds is 2. The number of nitrogens with one attached hydrogen (secondary N) is 1. The van der Waals surface area contributed by atoms with Gasteiger partial charge >= 0.3 is 0 Å². The van der Waals surface area contributed by atoms with Gasteiger partial charge in [-0.2, -0.15) is 5.10 Å². The number of allylic oxidation sites excluding steroid dienone is 1. The van der Waals surface area contributed by atoms with E-state index in [1.165, 1.54) is 5.57 Å². The van der Waals surface area contributed by atoms with E-state index in [0.29, 0.717) is 5.69 Å². The molecule has 92 valence electrons. The van der Waals surface area contributed by atoms with Crippen molar-refractivity contribution in [1.29, 1.82) is 0 Å². The van der Waals surface area contributed by atoms with Crippen molar-refractivity contribution in [1.82, 2.24) is 15.1 Å². The van der Waals surface area contributed by atoms with Gasteiger partial charge in [0.05, 0.1) is 0 Å². The van der Waals surface area contributed by atoms with Crippen molar-refractivity contribution in [2.24, 2.45) is 7.05 Å². The summed E-state index contributed by atoms with van der Waals surface area (Å²) in [5, 5.41) is 7.22. The molecule has 1 amide bonds. The Bertz CT molecular complexity index is 418. The van der Waals surface area contributed by atoms with Crippen LogP contribution in [0.4, 0.5) is 0 Å². The number of carbonyl (C=O) groups excluding carboxylic acids is 1. The van der Waals surface area contributed by atoms with Gasteiger partial charge < -0.3 is 5.32 Å². The van der Waals surface area contributed by atoms with E-state index in [1.807, 2.05) is 20.0 Å². The molecular formula is C13H19N3O. The lowest BCUT2D eigenvalue weighted by molar-refractivity contribution is 0.0925. The van der Waals surface area contributed by atoms with Gasteiger partial charge in [0.15, 0.2) is 0 Å². The molecule has 1 aliphatic carbocycles. The molecule has 0 spiro atoms. The number of hydrogen-bond acceptors (Lipinski definition) is 2. The van der Waals surface area contributed by atoms with E-state index in [1.54, 1.807) is 4.68 Å². The summed E-state index contributed by atoms with van der Waals surface area (Å²) in [7, 11) is 1.84. The zero-order valence-electron chi connectivity index (χ0n) is 10.5. The Morgan fingerprint density at radius 2 is 2.18 bits per heavy atom. The van der Waals surface area contributed by atoms with Crippen LogP contribution in [-0.4, -0.2) is 21.7 Å². The first kappa shape index (κ1) is 11.9. The first-order valence-corrected chi connectivity index (χ1v) is 6.04. The van der Waals surface area contributed by atoms with Crippen LogP contribution in [0.25, 0.3) is 0 Å². The van der Waals surface area contributed by atoms with Crippen LogP contribution >= 0.6 is 0 Å². The Morgan fingerprint density at radius 1 is 1.53 bits per heavy atom. The van der Waals surface area contributed by atoms with E-state index >= 15 is 0 Å². The van der Waals surface area contributed by atoms with Crippen molar-refractivity contribution in [3.63, 3.8) is 0 Å². The fraction of sp³-hybridized carbons (Fsp3) is 0.538. The van der Waals surface area contributed by atoms with Gasteiger partial charge in [-0.1, -0.05) is 12.2 Å². The van der Waals surface area contributed by atoms with E-state index in [-0.39, 0.29) is 11.9 Å². The Hall–Kier alpha value is -1.58. The van der Waals surface area contributed by atoms with E-state index in [2.05, 4.69) is 17.0 Å². The molecule has 17 heavy (non-hydrogen) atoms. The molecule has 1 aromatic rings. The summed E-state index contributed by atoms with van der Waals surface area (Å²) in [5.74, 6) is -0.0637. The van der Waals surface area contributed by atoms with Gasteiger partial charge in [-0.05, 0) is 38.7 Å². The van der Waals surface area contributed by atoms with Gasteiger partial charge in [0.25, 0.3) is 5.91 Å². The summed E-state index contributed by atoms with van der Waals surface area (Å²) >= 11 is 0. The van der Waals surface area contributed by atoms with Crippen LogP contribution in [-0.2, 0) is 7.05 Å². The molecule has 1 heterocycles. The maximum absolute atomic E-state index is 12.0. The summed E-state index contributed by atoms with van der Waals surface area (Å²) < 4.78 is 1.72. The second-order valence-electron chi connectivity index (χ2n) is 4.79. The minimum Gasteiger partial charge on any atom is -0.348 e. The van der Waals surface area contributed by atoms with Crippen LogP contribution in [0.5, 0.6) is 0 Å². The van der Waals surface area contributed by atoms with Gasteiger partial charge in [-0.3, -0.25) is 9.48 Å². The molecule has 1 fully saturated rings. The van der Waals surface area contributed by atoms with Gasteiger partial charge in [-0.15, -0.1) is 0 Å². The molecule has 0 unspecified atom stereocenters. The highest BCUT2D eigenvalue weighted by Gasteiger charge is 2.19. The Labute approximate surface area is 102 Å². The predicted molar refractivity (Wildman–Crippen MR) is 66.8 cm³/mol. The zero-order chi connectivity index (χ0) is 12.4. The summed E-state index contributed by atoms with van der Waals surface area (Å²) in [5.41, 5.74) is 2.80. The van der Waals surface area contributed by atoms with Crippen molar-refractivity contribution in [2.45, 2.75) is 38.6 Å². The monoisotopic (exact) mass is 233 g/mol. The number of hydrogen-bond donors (Lipinski definition) is 1. The Balaban J connectivity index is 1.95. The lowest BCUT2D eigenvalue weighted by atomic mass is 9.92. The normalized spacial score (nSPS) is 17.2. The van der Waals surface area contributed by atoms with E-state index in [4.69, 9.17) is 0 Å². The second kappa shape index (κ2) is 4.73. The van der Waals surface area contributed by atoms with Crippen molar-refractivity contribution < 1.29 is 4.79 Å². The summed E-state index contributed by atoms with van der Waals surface area (Å²) in [6.45, 7) is 5.91. The summed E-state index contributed by atoms with van der Waals surface area (Å²) in [6, 6.07) is 2.09. The van der Waals surface area contributed by atoms with E-state index < -0.39 is 0 Å². The van der Waals surface area contributed by atoms with E-state index in [9.17, 15) is 4.79 Å². The highest BCUT2D eigenvalue weighted by molar-refractivity contribution is 5.92.